The van der Waals surface area contributed by atoms with Crippen LogP contribution in [0.1, 0.15) is 96.1 Å². The van der Waals surface area contributed by atoms with Crippen LogP contribution in [-0.4, -0.2) is 20.0 Å². The Morgan fingerprint density at radius 1 is 0.829 bits per heavy atom. The highest BCUT2D eigenvalue weighted by molar-refractivity contribution is 5.82. The van der Waals surface area contributed by atoms with E-state index in [0.717, 1.165) is 17.8 Å². The second kappa shape index (κ2) is 7.63. The van der Waals surface area contributed by atoms with Gasteiger partial charge in [0.25, 0.3) is 0 Å². The number of hydrogen-bond donors (Lipinski definition) is 0. The smallest absolute Gasteiger partial charge is 0.0693 e. The maximum atomic E-state index is 4.41. The van der Waals surface area contributed by atoms with Crippen LogP contribution >= 0.6 is 0 Å². The number of aromatic nitrogens is 4. The van der Waals surface area contributed by atoms with Crippen molar-refractivity contribution in [2.45, 2.75) is 90.5 Å². The normalized spacial score (nSPS) is 42.9. The molecule has 0 aliphatic heterocycles. The summed E-state index contributed by atoms with van der Waals surface area (Å²) in [5.74, 6) is 3.27. The molecule has 184 valence electrons. The molecule has 4 aliphatic rings. The second-order valence-electron chi connectivity index (χ2n) is 13.3. The van der Waals surface area contributed by atoms with E-state index in [4.69, 9.17) is 0 Å². The second-order valence-corrected chi connectivity index (χ2v) is 13.3. The molecule has 0 N–H and O–H groups in total. The molecular formula is C31H40N4. The fourth-order valence-corrected chi connectivity index (χ4v) is 10.1. The van der Waals surface area contributed by atoms with Crippen molar-refractivity contribution in [3.63, 3.8) is 0 Å². The van der Waals surface area contributed by atoms with Crippen molar-refractivity contribution in [2.75, 3.05) is 0 Å². The summed E-state index contributed by atoms with van der Waals surface area (Å²) >= 11 is 0. The summed E-state index contributed by atoms with van der Waals surface area (Å²) in [6.07, 6.45) is 20.2. The lowest BCUT2D eigenvalue weighted by molar-refractivity contribution is -0.151. The molecule has 0 radical (unpaired) electrons. The van der Waals surface area contributed by atoms with E-state index >= 15 is 0 Å². The van der Waals surface area contributed by atoms with Crippen LogP contribution in [0.25, 0.3) is 10.8 Å². The zero-order valence-electron chi connectivity index (χ0n) is 21.7. The minimum atomic E-state index is 0.394. The first-order valence-electron chi connectivity index (χ1n) is 14.1. The Bertz CT molecular complexity index is 1240. The molecule has 4 fully saturated rings. The molecule has 0 saturated heterocycles. The summed E-state index contributed by atoms with van der Waals surface area (Å²) in [5, 5.41) is 11.1. The van der Waals surface area contributed by atoms with Gasteiger partial charge in [-0.05, 0) is 121 Å². The molecule has 0 spiro atoms. The monoisotopic (exact) mass is 468 g/mol. The Morgan fingerprint density at radius 3 is 2.57 bits per heavy atom. The van der Waals surface area contributed by atoms with Crippen molar-refractivity contribution in [3.8, 4) is 0 Å². The van der Waals surface area contributed by atoms with Crippen molar-refractivity contribution < 1.29 is 0 Å². The van der Waals surface area contributed by atoms with Crippen LogP contribution in [0.15, 0.2) is 49.1 Å². The van der Waals surface area contributed by atoms with Gasteiger partial charge < -0.3 is 0 Å². The van der Waals surface area contributed by atoms with E-state index < -0.39 is 0 Å². The highest BCUT2D eigenvalue weighted by Crippen LogP contribution is 2.74. The molecule has 0 amide bonds. The van der Waals surface area contributed by atoms with E-state index in [1.54, 1.807) is 5.56 Å². The van der Waals surface area contributed by atoms with E-state index in [1.807, 2.05) is 18.6 Å². The number of rotatable bonds is 2. The van der Waals surface area contributed by atoms with Gasteiger partial charge in [0.2, 0.25) is 0 Å². The molecule has 4 aliphatic carbocycles. The van der Waals surface area contributed by atoms with Gasteiger partial charge in [-0.2, -0.15) is 0 Å². The number of nitrogens with zero attached hydrogens (tertiary/aromatic N) is 4. The molecule has 0 bridgehead atoms. The highest BCUT2D eigenvalue weighted by Gasteiger charge is 2.65. The molecule has 3 aromatic rings. The summed E-state index contributed by atoms with van der Waals surface area (Å²) in [7, 11) is 0. The number of benzene rings is 1. The average Bonchev–Trinajstić information content (AvgIpc) is 3.50. The lowest BCUT2D eigenvalue weighted by Crippen LogP contribution is -2.57. The third-order valence-electron chi connectivity index (χ3n) is 12.4. The van der Waals surface area contributed by atoms with Gasteiger partial charge in [-0.15, -0.1) is 5.10 Å². The quantitative estimate of drug-likeness (QED) is 0.389. The van der Waals surface area contributed by atoms with Gasteiger partial charge in [-0.25, -0.2) is 4.68 Å². The van der Waals surface area contributed by atoms with Crippen LogP contribution in [0, 0.1) is 34.0 Å². The van der Waals surface area contributed by atoms with Gasteiger partial charge in [0.15, 0.2) is 0 Å². The van der Waals surface area contributed by atoms with Gasteiger partial charge in [0.1, 0.15) is 0 Å². The lowest BCUT2D eigenvalue weighted by Gasteiger charge is -2.65. The molecule has 4 saturated carbocycles. The molecular weight excluding hydrogens is 428 g/mol. The predicted octanol–water partition coefficient (Wildman–Crippen LogP) is 7.58. The van der Waals surface area contributed by atoms with Crippen LogP contribution in [0.2, 0.25) is 0 Å². The fraction of sp³-hybridized carbons (Fsp3) is 0.645. The van der Waals surface area contributed by atoms with E-state index in [9.17, 15) is 0 Å². The number of pyridine rings is 1. The van der Waals surface area contributed by atoms with Crippen molar-refractivity contribution in [1.82, 2.24) is 20.0 Å². The van der Waals surface area contributed by atoms with Gasteiger partial charge in [0, 0.05) is 24.0 Å². The van der Waals surface area contributed by atoms with E-state index in [-0.39, 0.29) is 0 Å². The van der Waals surface area contributed by atoms with E-state index in [2.05, 4.69) is 71.2 Å². The molecule has 1 aromatic carbocycles. The standard InChI is InChI=1S/C31H40N4/c1-29-12-8-25(35-17-16-33-34-35)19-24(29)6-7-28-27(29)10-14-30(2)26(9-13-31(28,30)3)22-5-4-21-11-15-32-20-23(21)18-22/h4-5,11,15-18,20,24-28H,6-10,12-14,19H2,1-3H3/t24?,25-,26+,27?,28+,29-,30+,31-/m0/s1. The van der Waals surface area contributed by atoms with Crippen molar-refractivity contribution >= 4 is 10.8 Å². The molecule has 2 heterocycles. The van der Waals surface area contributed by atoms with Gasteiger partial charge in [-0.3, -0.25) is 4.98 Å². The average molecular weight is 469 g/mol. The Labute approximate surface area is 209 Å². The molecule has 35 heavy (non-hydrogen) atoms. The fourth-order valence-electron chi connectivity index (χ4n) is 10.1. The van der Waals surface area contributed by atoms with E-state index in [1.165, 1.54) is 68.6 Å². The van der Waals surface area contributed by atoms with E-state index in [0.29, 0.717) is 28.2 Å². The molecule has 8 atom stereocenters. The Hall–Kier alpha value is -2.23. The summed E-state index contributed by atoms with van der Waals surface area (Å²) < 4.78 is 2.14. The van der Waals surface area contributed by atoms with Crippen LogP contribution in [-0.2, 0) is 0 Å². The van der Waals surface area contributed by atoms with Crippen LogP contribution in [0.5, 0.6) is 0 Å². The van der Waals surface area contributed by atoms with Gasteiger partial charge in [0.05, 0.1) is 12.2 Å². The lowest BCUT2D eigenvalue weighted by atomic mass is 9.40. The van der Waals surface area contributed by atoms with Crippen molar-refractivity contribution in [3.05, 3.63) is 54.6 Å². The molecule has 4 heteroatoms. The van der Waals surface area contributed by atoms with Crippen LogP contribution < -0.4 is 0 Å². The van der Waals surface area contributed by atoms with Crippen molar-refractivity contribution in [1.29, 1.82) is 0 Å². The number of hydrogen-bond acceptors (Lipinski definition) is 3. The highest BCUT2D eigenvalue weighted by atomic mass is 15.4. The molecule has 2 aromatic heterocycles. The predicted molar refractivity (Wildman–Crippen MR) is 140 cm³/mol. The Morgan fingerprint density at radius 2 is 1.71 bits per heavy atom. The first-order valence-corrected chi connectivity index (χ1v) is 14.1. The van der Waals surface area contributed by atoms with Crippen molar-refractivity contribution in [2.24, 2.45) is 34.0 Å². The zero-order valence-corrected chi connectivity index (χ0v) is 21.7. The van der Waals surface area contributed by atoms with Gasteiger partial charge >= 0.3 is 0 Å². The third-order valence-corrected chi connectivity index (χ3v) is 12.4. The minimum Gasteiger partial charge on any atom is -0.264 e. The largest absolute Gasteiger partial charge is 0.264 e. The summed E-state index contributed by atoms with van der Waals surface area (Å²) in [5.41, 5.74) is 2.90. The van der Waals surface area contributed by atoms with Crippen LogP contribution in [0.4, 0.5) is 0 Å². The third kappa shape index (κ3) is 3.01. The maximum absolute atomic E-state index is 4.41. The molecule has 4 nitrogen and oxygen atoms in total. The first kappa shape index (κ1) is 22.0. The Kier molecular flexibility index (Phi) is 4.80. The minimum absolute atomic E-state index is 0.394. The summed E-state index contributed by atoms with van der Waals surface area (Å²) in [4.78, 5) is 4.41. The Balaban J connectivity index is 1.18. The summed E-state index contributed by atoms with van der Waals surface area (Å²) in [6.45, 7) is 8.06. The topological polar surface area (TPSA) is 43.6 Å². The number of fused-ring (bicyclic) bond motifs is 6. The maximum Gasteiger partial charge on any atom is 0.0693 e. The van der Waals surface area contributed by atoms with Crippen LogP contribution in [0.3, 0.4) is 0 Å². The van der Waals surface area contributed by atoms with Gasteiger partial charge in [-0.1, -0.05) is 38.1 Å². The first-order chi connectivity index (χ1) is 16.9. The SMILES string of the molecule is C[C@]12CC[C@H](n3ccnn3)CC1CC[C@@H]1C2CC[C@]2(C)[C@@H](c3ccc4ccncc4c3)CC[C@@]12C. The zero-order chi connectivity index (χ0) is 23.8. The molecule has 2 unspecified atom stereocenters. The molecule has 7 rings (SSSR count). The summed E-state index contributed by atoms with van der Waals surface area (Å²) in [6, 6.07) is 9.91.